The highest BCUT2D eigenvalue weighted by atomic mass is 35.5. The van der Waals surface area contributed by atoms with Gasteiger partial charge in [0, 0.05) is 61.6 Å². The Kier molecular flexibility index (Phi) is 8.10. The van der Waals surface area contributed by atoms with Gasteiger partial charge in [-0.15, -0.1) is 0 Å². The van der Waals surface area contributed by atoms with Gasteiger partial charge in [0.1, 0.15) is 0 Å². The molecule has 0 aliphatic rings. The molecule has 0 unspecified atom stereocenters. The molecule has 0 amide bonds. The van der Waals surface area contributed by atoms with Crippen molar-refractivity contribution in [2.75, 3.05) is 31.5 Å². The summed E-state index contributed by atoms with van der Waals surface area (Å²) in [7, 11) is 0. The molecule has 0 atom stereocenters. The van der Waals surface area contributed by atoms with Crippen LogP contribution in [0.5, 0.6) is 0 Å². The first-order valence-electron chi connectivity index (χ1n) is 11.1. The lowest BCUT2D eigenvalue weighted by molar-refractivity contribution is 0.257. The monoisotopic (exact) mass is 444 g/mol. The van der Waals surface area contributed by atoms with E-state index in [-0.39, 0.29) is 0 Å². The van der Waals surface area contributed by atoms with Crippen molar-refractivity contribution in [3.05, 3.63) is 107 Å². The summed E-state index contributed by atoms with van der Waals surface area (Å²) in [6.45, 7) is 5.55. The molecular weight excluding hydrogens is 416 g/mol. The molecule has 0 bridgehead atoms. The number of anilines is 1. The van der Waals surface area contributed by atoms with Gasteiger partial charge < -0.3 is 10.6 Å². The Morgan fingerprint density at radius 1 is 0.750 bits per heavy atom. The molecule has 1 aromatic heterocycles. The van der Waals surface area contributed by atoms with Gasteiger partial charge in [-0.2, -0.15) is 0 Å². The van der Waals surface area contributed by atoms with Crippen LogP contribution in [0, 0.1) is 0 Å². The number of hydrogen-bond acceptors (Lipinski definition) is 4. The SMILES string of the molecule is Clc1ccc2c(NCCNCCN(Cc3ccccc3)Cc3ccccc3)ccnc2c1. The molecule has 4 rings (SSSR count). The van der Waals surface area contributed by atoms with Crippen molar-refractivity contribution in [1.29, 1.82) is 0 Å². The van der Waals surface area contributed by atoms with Crippen LogP contribution in [0.25, 0.3) is 10.9 Å². The number of fused-ring (bicyclic) bond motifs is 1. The van der Waals surface area contributed by atoms with Crippen LogP contribution >= 0.6 is 11.6 Å². The van der Waals surface area contributed by atoms with E-state index in [9.17, 15) is 0 Å². The Bertz CT molecular complexity index is 1060. The van der Waals surface area contributed by atoms with E-state index < -0.39 is 0 Å². The molecule has 4 aromatic rings. The van der Waals surface area contributed by atoms with Crippen LogP contribution in [-0.2, 0) is 13.1 Å². The van der Waals surface area contributed by atoms with E-state index in [1.807, 2.05) is 30.5 Å². The first-order chi connectivity index (χ1) is 15.8. The predicted molar refractivity (Wildman–Crippen MR) is 135 cm³/mol. The minimum Gasteiger partial charge on any atom is -0.383 e. The molecule has 0 aliphatic carbocycles. The van der Waals surface area contributed by atoms with E-state index >= 15 is 0 Å². The molecule has 2 N–H and O–H groups in total. The largest absolute Gasteiger partial charge is 0.383 e. The van der Waals surface area contributed by atoms with Crippen LogP contribution in [0.2, 0.25) is 5.02 Å². The van der Waals surface area contributed by atoms with Gasteiger partial charge >= 0.3 is 0 Å². The second kappa shape index (κ2) is 11.6. The molecule has 0 saturated carbocycles. The molecule has 0 fully saturated rings. The van der Waals surface area contributed by atoms with Crippen molar-refractivity contribution in [2.24, 2.45) is 0 Å². The van der Waals surface area contributed by atoms with E-state index in [1.165, 1.54) is 11.1 Å². The zero-order valence-electron chi connectivity index (χ0n) is 18.2. The molecule has 3 aromatic carbocycles. The van der Waals surface area contributed by atoms with Gasteiger partial charge in [-0.1, -0.05) is 72.3 Å². The lowest BCUT2D eigenvalue weighted by Gasteiger charge is -2.23. The second-order valence-electron chi connectivity index (χ2n) is 7.88. The molecule has 0 aliphatic heterocycles. The summed E-state index contributed by atoms with van der Waals surface area (Å²) in [4.78, 5) is 6.89. The molecule has 5 heteroatoms. The van der Waals surface area contributed by atoms with E-state index in [0.29, 0.717) is 5.02 Å². The fourth-order valence-corrected chi connectivity index (χ4v) is 3.99. The molecule has 164 valence electrons. The van der Waals surface area contributed by atoms with Crippen LogP contribution in [-0.4, -0.2) is 36.1 Å². The highest BCUT2D eigenvalue weighted by Gasteiger charge is 2.07. The Hall–Kier alpha value is -2.92. The van der Waals surface area contributed by atoms with Gasteiger partial charge in [0.15, 0.2) is 0 Å². The summed E-state index contributed by atoms with van der Waals surface area (Å²) in [6, 6.07) is 29.2. The van der Waals surface area contributed by atoms with Crippen molar-refractivity contribution < 1.29 is 0 Å². The van der Waals surface area contributed by atoms with Gasteiger partial charge in [-0.25, -0.2) is 0 Å². The molecule has 4 nitrogen and oxygen atoms in total. The Balaban J connectivity index is 1.26. The van der Waals surface area contributed by atoms with E-state index in [2.05, 4.69) is 81.2 Å². The number of hydrogen-bond donors (Lipinski definition) is 2. The predicted octanol–water partition coefficient (Wildman–Crippen LogP) is 5.59. The lowest BCUT2D eigenvalue weighted by Crippen LogP contribution is -2.33. The number of aromatic nitrogens is 1. The number of rotatable bonds is 11. The zero-order valence-corrected chi connectivity index (χ0v) is 18.9. The van der Waals surface area contributed by atoms with E-state index in [1.54, 1.807) is 0 Å². The third kappa shape index (κ3) is 6.54. The normalized spacial score (nSPS) is 11.2. The topological polar surface area (TPSA) is 40.2 Å². The first kappa shape index (κ1) is 22.3. The van der Waals surface area contributed by atoms with Gasteiger partial charge in [-0.05, 0) is 35.4 Å². The molecule has 1 heterocycles. The Labute approximate surface area is 195 Å². The number of pyridine rings is 1. The number of nitrogens with one attached hydrogen (secondary N) is 2. The summed E-state index contributed by atoms with van der Waals surface area (Å²) in [5, 5.41) is 8.89. The molecule has 32 heavy (non-hydrogen) atoms. The van der Waals surface area contributed by atoms with E-state index in [0.717, 1.165) is 55.9 Å². The number of benzene rings is 3. The van der Waals surface area contributed by atoms with E-state index in [4.69, 9.17) is 11.6 Å². The zero-order chi connectivity index (χ0) is 22.0. The van der Waals surface area contributed by atoms with Crippen LogP contribution in [0.15, 0.2) is 91.1 Å². The third-order valence-electron chi connectivity index (χ3n) is 5.42. The summed E-state index contributed by atoms with van der Waals surface area (Å²) < 4.78 is 0. The average molecular weight is 445 g/mol. The van der Waals surface area contributed by atoms with Gasteiger partial charge in [0.2, 0.25) is 0 Å². The molecule has 0 radical (unpaired) electrons. The van der Waals surface area contributed by atoms with Crippen molar-refractivity contribution in [3.8, 4) is 0 Å². The Morgan fingerprint density at radius 3 is 2.12 bits per heavy atom. The maximum Gasteiger partial charge on any atom is 0.0737 e. The standard InChI is InChI=1S/C27H29ClN4/c28-24-11-12-25-26(13-14-30-27(25)19-24)31-16-15-29-17-18-32(20-22-7-3-1-4-8-22)21-23-9-5-2-6-10-23/h1-14,19,29H,15-18,20-21H2,(H,30,31). The summed E-state index contributed by atoms with van der Waals surface area (Å²) in [6.07, 6.45) is 1.82. The third-order valence-corrected chi connectivity index (χ3v) is 5.66. The second-order valence-corrected chi connectivity index (χ2v) is 8.32. The Morgan fingerprint density at radius 2 is 1.44 bits per heavy atom. The van der Waals surface area contributed by atoms with Crippen molar-refractivity contribution in [3.63, 3.8) is 0 Å². The quantitative estimate of drug-likeness (QED) is 0.296. The highest BCUT2D eigenvalue weighted by molar-refractivity contribution is 6.31. The molecule has 0 saturated heterocycles. The molecular formula is C27H29ClN4. The number of halogens is 1. The number of nitrogens with zero attached hydrogens (tertiary/aromatic N) is 2. The van der Waals surface area contributed by atoms with Crippen molar-refractivity contribution in [2.45, 2.75) is 13.1 Å². The van der Waals surface area contributed by atoms with Crippen molar-refractivity contribution in [1.82, 2.24) is 15.2 Å². The molecule has 0 spiro atoms. The maximum absolute atomic E-state index is 6.09. The average Bonchev–Trinajstić information content (AvgIpc) is 2.82. The van der Waals surface area contributed by atoms with Crippen molar-refractivity contribution >= 4 is 28.2 Å². The van der Waals surface area contributed by atoms with Gasteiger partial charge in [0.25, 0.3) is 0 Å². The van der Waals surface area contributed by atoms with Crippen LogP contribution in [0.3, 0.4) is 0 Å². The van der Waals surface area contributed by atoms with Crippen LogP contribution in [0.1, 0.15) is 11.1 Å². The fourth-order valence-electron chi connectivity index (χ4n) is 3.82. The minimum atomic E-state index is 0.708. The van der Waals surface area contributed by atoms with Gasteiger partial charge in [0.05, 0.1) is 5.52 Å². The summed E-state index contributed by atoms with van der Waals surface area (Å²) in [5.74, 6) is 0. The lowest BCUT2D eigenvalue weighted by atomic mass is 10.1. The smallest absolute Gasteiger partial charge is 0.0737 e. The fraction of sp³-hybridized carbons (Fsp3) is 0.222. The summed E-state index contributed by atoms with van der Waals surface area (Å²) >= 11 is 6.09. The highest BCUT2D eigenvalue weighted by Crippen LogP contribution is 2.24. The van der Waals surface area contributed by atoms with Crippen LogP contribution in [0.4, 0.5) is 5.69 Å². The summed E-state index contributed by atoms with van der Waals surface area (Å²) in [5.41, 5.74) is 4.68. The maximum atomic E-state index is 6.09. The van der Waals surface area contributed by atoms with Crippen LogP contribution < -0.4 is 10.6 Å². The first-order valence-corrected chi connectivity index (χ1v) is 11.4. The minimum absolute atomic E-state index is 0.708. The van der Waals surface area contributed by atoms with Gasteiger partial charge in [-0.3, -0.25) is 9.88 Å².